The number of hydrogen-bond acceptors (Lipinski definition) is 3. The van der Waals surface area contributed by atoms with E-state index in [9.17, 15) is 0 Å². The van der Waals surface area contributed by atoms with Crippen molar-refractivity contribution in [3.8, 4) is 22.3 Å². The van der Waals surface area contributed by atoms with Gasteiger partial charge < -0.3 is 16.4 Å². The molecule has 0 saturated carbocycles. The average Bonchev–Trinajstić information content (AvgIpc) is 2.80. The van der Waals surface area contributed by atoms with E-state index in [4.69, 9.17) is 11.5 Å². The van der Waals surface area contributed by atoms with E-state index in [1.165, 1.54) is 22.5 Å². The van der Waals surface area contributed by atoms with E-state index in [1.54, 1.807) is 0 Å². The molecule has 31 heavy (non-hydrogen) atoms. The van der Waals surface area contributed by atoms with E-state index in [-0.39, 0.29) is 0 Å². The molecule has 0 bridgehead atoms. The summed E-state index contributed by atoms with van der Waals surface area (Å²) < 4.78 is 0. The number of anilines is 4. The zero-order valence-corrected chi connectivity index (χ0v) is 18.0. The second kappa shape index (κ2) is 9.40. The van der Waals surface area contributed by atoms with Crippen LogP contribution in [0.4, 0.5) is 22.7 Å². The molecule has 0 aliphatic carbocycles. The van der Waals surface area contributed by atoms with Gasteiger partial charge in [-0.2, -0.15) is 0 Å². The Morgan fingerprint density at radius 3 is 1.42 bits per heavy atom. The quantitative estimate of drug-likeness (QED) is 0.321. The largest absolute Gasteiger partial charge is 0.399 e. The highest BCUT2D eigenvalue weighted by atomic mass is 15.1. The molecule has 0 aliphatic heterocycles. The minimum absolute atomic E-state index is 0.784. The first kappa shape index (κ1) is 20.5. The maximum atomic E-state index is 5.95. The first-order valence-electron chi connectivity index (χ1n) is 10.8. The molecule has 0 atom stereocenters. The van der Waals surface area contributed by atoms with Gasteiger partial charge in [0.05, 0.1) is 0 Å². The normalized spacial score (nSPS) is 10.7. The van der Waals surface area contributed by atoms with Gasteiger partial charge in [0, 0.05) is 29.3 Å². The summed E-state index contributed by atoms with van der Waals surface area (Å²) in [7, 11) is 0. The molecule has 0 radical (unpaired) electrons. The Balaban J connectivity index is 1.61. The number of nitrogen functional groups attached to an aromatic ring is 2. The van der Waals surface area contributed by atoms with E-state index in [2.05, 4.69) is 72.5 Å². The fourth-order valence-electron chi connectivity index (χ4n) is 3.83. The van der Waals surface area contributed by atoms with Crippen LogP contribution >= 0.6 is 0 Å². The highest BCUT2D eigenvalue weighted by Gasteiger charge is 2.10. The minimum atomic E-state index is 0.784. The Hall–Kier alpha value is -3.72. The summed E-state index contributed by atoms with van der Waals surface area (Å²) in [6, 6.07) is 33.5. The van der Waals surface area contributed by atoms with Gasteiger partial charge in [-0.15, -0.1) is 0 Å². The third-order valence-electron chi connectivity index (χ3n) is 5.53. The first-order chi connectivity index (χ1) is 15.1. The van der Waals surface area contributed by atoms with Crippen LogP contribution in [0.5, 0.6) is 0 Å². The molecular weight excluding hydrogens is 378 g/mol. The molecule has 0 aliphatic rings. The Labute approximate surface area is 185 Å². The third-order valence-corrected chi connectivity index (χ3v) is 5.53. The van der Waals surface area contributed by atoms with Crippen molar-refractivity contribution in [3.05, 3.63) is 97.1 Å². The average molecular weight is 408 g/mol. The Bertz CT molecular complexity index is 1040. The van der Waals surface area contributed by atoms with Gasteiger partial charge in [0.1, 0.15) is 0 Å². The van der Waals surface area contributed by atoms with Crippen molar-refractivity contribution in [2.24, 2.45) is 0 Å². The zero-order valence-electron chi connectivity index (χ0n) is 18.0. The molecule has 4 rings (SSSR count). The van der Waals surface area contributed by atoms with Gasteiger partial charge in [0.25, 0.3) is 0 Å². The number of hydrogen-bond donors (Lipinski definition) is 2. The first-order valence-corrected chi connectivity index (χ1v) is 10.8. The maximum absolute atomic E-state index is 5.95. The summed E-state index contributed by atoms with van der Waals surface area (Å²) in [5.74, 6) is 0. The highest BCUT2D eigenvalue weighted by Crippen LogP contribution is 2.31. The number of rotatable bonds is 7. The van der Waals surface area contributed by atoms with Crippen molar-refractivity contribution in [1.82, 2.24) is 0 Å². The van der Waals surface area contributed by atoms with Crippen LogP contribution in [0.2, 0.25) is 0 Å². The van der Waals surface area contributed by atoms with Gasteiger partial charge in [0.15, 0.2) is 0 Å². The van der Waals surface area contributed by atoms with Gasteiger partial charge in [-0.1, -0.05) is 61.9 Å². The van der Waals surface area contributed by atoms with Crippen molar-refractivity contribution < 1.29 is 0 Å². The monoisotopic (exact) mass is 407 g/mol. The summed E-state index contributed by atoms with van der Waals surface area (Å²) in [5.41, 5.74) is 20.5. The van der Waals surface area contributed by atoms with E-state index >= 15 is 0 Å². The van der Waals surface area contributed by atoms with Crippen molar-refractivity contribution in [2.45, 2.75) is 19.8 Å². The van der Waals surface area contributed by atoms with Crippen LogP contribution < -0.4 is 16.4 Å². The molecule has 3 nitrogen and oxygen atoms in total. The predicted molar refractivity (Wildman–Crippen MR) is 134 cm³/mol. The zero-order chi connectivity index (χ0) is 21.6. The highest BCUT2D eigenvalue weighted by molar-refractivity contribution is 5.74. The van der Waals surface area contributed by atoms with Gasteiger partial charge in [-0.05, 0) is 77.2 Å². The van der Waals surface area contributed by atoms with Crippen LogP contribution in [-0.4, -0.2) is 6.54 Å². The van der Waals surface area contributed by atoms with Crippen LogP contribution in [0, 0.1) is 0 Å². The molecule has 4 N–H and O–H groups in total. The lowest BCUT2D eigenvalue weighted by Crippen LogP contribution is -2.18. The van der Waals surface area contributed by atoms with Crippen molar-refractivity contribution in [2.75, 3.05) is 22.9 Å². The summed E-state index contributed by atoms with van der Waals surface area (Å²) >= 11 is 0. The fourth-order valence-corrected chi connectivity index (χ4v) is 3.83. The lowest BCUT2D eigenvalue weighted by Gasteiger charge is -2.25. The molecular formula is C28H29N3. The van der Waals surface area contributed by atoms with E-state index in [0.717, 1.165) is 41.9 Å². The molecule has 3 heteroatoms. The SMILES string of the molecule is CCCCN(c1ccc(-c2cccc(N)c2)cc1)c1ccc(-c2cccc(N)c2)cc1. The summed E-state index contributed by atoms with van der Waals surface area (Å²) in [4.78, 5) is 2.38. The van der Waals surface area contributed by atoms with Gasteiger partial charge in [-0.3, -0.25) is 0 Å². The summed E-state index contributed by atoms with van der Waals surface area (Å²) in [6.07, 6.45) is 2.28. The van der Waals surface area contributed by atoms with Crippen LogP contribution in [0.15, 0.2) is 97.1 Å². The van der Waals surface area contributed by atoms with E-state index < -0.39 is 0 Å². The minimum Gasteiger partial charge on any atom is -0.399 e. The molecule has 0 aromatic heterocycles. The maximum Gasteiger partial charge on any atom is 0.0411 e. The van der Waals surface area contributed by atoms with Crippen molar-refractivity contribution in [3.63, 3.8) is 0 Å². The molecule has 0 spiro atoms. The van der Waals surface area contributed by atoms with Crippen LogP contribution in [0.1, 0.15) is 19.8 Å². The molecule has 0 heterocycles. The molecule has 0 saturated heterocycles. The lowest BCUT2D eigenvalue weighted by atomic mass is 10.0. The van der Waals surface area contributed by atoms with Crippen LogP contribution in [0.3, 0.4) is 0 Å². The summed E-state index contributed by atoms with van der Waals surface area (Å²) in [5, 5.41) is 0. The number of nitrogens with two attached hydrogens (primary N) is 2. The molecule has 0 fully saturated rings. The van der Waals surface area contributed by atoms with Crippen molar-refractivity contribution in [1.29, 1.82) is 0 Å². The number of benzene rings is 4. The van der Waals surface area contributed by atoms with E-state index in [1.807, 2.05) is 36.4 Å². The molecule has 156 valence electrons. The van der Waals surface area contributed by atoms with E-state index in [0.29, 0.717) is 0 Å². The van der Waals surface area contributed by atoms with Crippen LogP contribution in [0.25, 0.3) is 22.3 Å². The van der Waals surface area contributed by atoms with Crippen molar-refractivity contribution >= 4 is 22.7 Å². The fraction of sp³-hybridized carbons (Fsp3) is 0.143. The number of nitrogens with zero attached hydrogens (tertiary/aromatic N) is 1. The predicted octanol–water partition coefficient (Wildman–Crippen LogP) is 7.12. The topological polar surface area (TPSA) is 55.3 Å². The lowest BCUT2D eigenvalue weighted by molar-refractivity contribution is 0.786. The molecule has 4 aromatic carbocycles. The Kier molecular flexibility index (Phi) is 6.23. The van der Waals surface area contributed by atoms with Crippen LogP contribution in [-0.2, 0) is 0 Å². The Morgan fingerprint density at radius 2 is 1.03 bits per heavy atom. The standard InChI is InChI=1S/C28H29N3/c1-2-3-18-31(27-14-10-21(11-15-27)23-6-4-8-25(29)19-23)28-16-12-22(13-17-28)24-7-5-9-26(30)20-24/h4-17,19-20H,2-3,18,29-30H2,1H3. The molecule has 0 amide bonds. The molecule has 0 unspecified atom stereocenters. The second-order valence-electron chi connectivity index (χ2n) is 7.85. The second-order valence-corrected chi connectivity index (χ2v) is 7.85. The van der Waals surface area contributed by atoms with Gasteiger partial charge in [-0.25, -0.2) is 0 Å². The molecule has 4 aromatic rings. The van der Waals surface area contributed by atoms with Gasteiger partial charge >= 0.3 is 0 Å². The number of unbranched alkanes of at least 4 members (excludes halogenated alkanes) is 1. The van der Waals surface area contributed by atoms with Gasteiger partial charge in [0.2, 0.25) is 0 Å². The third kappa shape index (κ3) is 4.89. The smallest absolute Gasteiger partial charge is 0.0411 e. The summed E-state index contributed by atoms with van der Waals surface area (Å²) in [6.45, 7) is 3.20. The Morgan fingerprint density at radius 1 is 0.581 bits per heavy atom.